The van der Waals surface area contributed by atoms with E-state index in [1.165, 1.54) is 18.2 Å². The third-order valence-corrected chi connectivity index (χ3v) is 4.39. The Morgan fingerprint density at radius 3 is 2.56 bits per heavy atom. The molecule has 3 aromatic rings. The van der Waals surface area contributed by atoms with Crippen LogP contribution in [0.1, 0.15) is 16.7 Å². The molecule has 2 aromatic heterocycles. The summed E-state index contributed by atoms with van der Waals surface area (Å²) in [6, 6.07) is 12.1. The van der Waals surface area contributed by atoms with Crippen LogP contribution >= 0.6 is 15.9 Å². The molecule has 1 amide bonds. The van der Waals surface area contributed by atoms with Gasteiger partial charge in [-0.15, -0.1) is 0 Å². The fourth-order valence-electron chi connectivity index (χ4n) is 2.54. The fraction of sp³-hybridized carbons (Fsp3) is 0.0952. The summed E-state index contributed by atoms with van der Waals surface area (Å²) in [6.45, 7) is 0.821. The van der Waals surface area contributed by atoms with E-state index < -0.39 is 0 Å². The molecule has 0 spiro atoms. The number of nitrogens with zero attached hydrogens (tertiary/aromatic N) is 3. The lowest BCUT2D eigenvalue weighted by molar-refractivity contribution is -0.127. The molecule has 0 unspecified atom stereocenters. The summed E-state index contributed by atoms with van der Waals surface area (Å²) in [5.41, 5.74) is 2.23. The van der Waals surface area contributed by atoms with E-state index in [0.29, 0.717) is 18.7 Å². The van der Waals surface area contributed by atoms with Gasteiger partial charge in [-0.05, 0) is 53.6 Å². The maximum absolute atomic E-state index is 13.9. The summed E-state index contributed by atoms with van der Waals surface area (Å²) in [6.07, 6.45) is 9.68. The molecule has 0 bridgehead atoms. The smallest absolute Gasteiger partial charge is 0.247 e. The maximum Gasteiger partial charge on any atom is 0.247 e. The van der Waals surface area contributed by atoms with Crippen molar-refractivity contribution in [1.82, 2.24) is 14.9 Å². The number of benzene rings is 1. The lowest BCUT2D eigenvalue weighted by Gasteiger charge is -2.21. The first-order chi connectivity index (χ1) is 13.1. The van der Waals surface area contributed by atoms with Crippen molar-refractivity contribution in [2.24, 2.45) is 0 Å². The molecule has 136 valence electrons. The van der Waals surface area contributed by atoms with Crippen molar-refractivity contribution in [3.63, 3.8) is 0 Å². The highest BCUT2D eigenvalue weighted by molar-refractivity contribution is 9.10. The summed E-state index contributed by atoms with van der Waals surface area (Å²) >= 11 is 3.31. The van der Waals surface area contributed by atoms with Crippen LogP contribution in [0.2, 0.25) is 0 Å². The highest BCUT2D eigenvalue weighted by Gasteiger charge is 2.13. The number of carbonyl (C=O) groups is 1. The molecule has 0 aliphatic carbocycles. The van der Waals surface area contributed by atoms with E-state index in [2.05, 4.69) is 25.9 Å². The Hall–Kier alpha value is -2.86. The van der Waals surface area contributed by atoms with E-state index in [-0.39, 0.29) is 11.7 Å². The topological polar surface area (TPSA) is 46.1 Å². The van der Waals surface area contributed by atoms with Crippen molar-refractivity contribution >= 4 is 27.9 Å². The predicted molar refractivity (Wildman–Crippen MR) is 106 cm³/mol. The predicted octanol–water partition coefficient (Wildman–Crippen LogP) is 4.62. The number of pyridine rings is 2. The minimum atomic E-state index is -0.379. The molecule has 2 heterocycles. The minimum Gasteiger partial charge on any atom is -0.330 e. The van der Waals surface area contributed by atoms with E-state index >= 15 is 0 Å². The van der Waals surface area contributed by atoms with E-state index in [0.717, 1.165) is 15.6 Å². The SMILES string of the molecule is O=C(/C=C/c1cc(Br)ccc1F)N(Cc1ccncc1)Cc1cccnc1. The third kappa shape index (κ3) is 5.56. The second-order valence-corrected chi connectivity index (χ2v) is 6.83. The average molecular weight is 426 g/mol. The normalized spacial score (nSPS) is 10.9. The lowest BCUT2D eigenvalue weighted by Crippen LogP contribution is -2.28. The van der Waals surface area contributed by atoms with Crippen LogP contribution in [-0.4, -0.2) is 20.8 Å². The van der Waals surface area contributed by atoms with Gasteiger partial charge >= 0.3 is 0 Å². The van der Waals surface area contributed by atoms with Gasteiger partial charge in [0.15, 0.2) is 0 Å². The molecule has 0 aliphatic heterocycles. The summed E-state index contributed by atoms with van der Waals surface area (Å²) in [5.74, 6) is -0.592. The average Bonchev–Trinajstić information content (AvgIpc) is 2.69. The van der Waals surface area contributed by atoms with Gasteiger partial charge in [0.25, 0.3) is 0 Å². The Bertz CT molecular complexity index is 891. The second kappa shape index (κ2) is 9.19. The highest BCUT2D eigenvalue weighted by Crippen LogP contribution is 2.17. The van der Waals surface area contributed by atoms with E-state index in [4.69, 9.17) is 0 Å². The zero-order chi connectivity index (χ0) is 19.1. The molecule has 4 nitrogen and oxygen atoms in total. The summed E-state index contributed by atoms with van der Waals surface area (Å²) in [5, 5.41) is 0. The lowest BCUT2D eigenvalue weighted by atomic mass is 10.2. The quantitative estimate of drug-likeness (QED) is 0.541. The van der Waals surface area contributed by atoms with Crippen LogP contribution < -0.4 is 0 Å². The zero-order valence-corrected chi connectivity index (χ0v) is 16.0. The van der Waals surface area contributed by atoms with Crippen LogP contribution in [0.4, 0.5) is 4.39 Å². The molecule has 0 atom stereocenters. The van der Waals surface area contributed by atoms with Crippen molar-refractivity contribution < 1.29 is 9.18 Å². The molecule has 0 saturated carbocycles. The van der Waals surface area contributed by atoms with Gasteiger partial charge in [-0.3, -0.25) is 14.8 Å². The van der Waals surface area contributed by atoms with Gasteiger partial charge in [0.05, 0.1) is 0 Å². The minimum absolute atomic E-state index is 0.213. The molecule has 0 N–H and O–H groups in total. The molecule has 0 aliphatic rings. The van der Waals surface area contributed by atoms with Crippen LogP contribution in [0.5, 0.6) is 0 Å². The van der Waals surface area contributed by atoms with Crippen LogP contribution in [0.15, 0.2) is 77.8 Å². The van der Waals surface area contributed by atoms with Crippen LogP contribution in [0, 0.1) is 5.82 Å². The number of rotatable bonds is 6. The first kappa shape index (κ1) is 18.9. The number of halogens is 2. The highest BCUT2D eigenvalue weighted by atomic mass is 79.9. The Morgan fingerprint density at radius 1 is 1.04 bits per heavy atom. The molecular formula is C21H17BrFN3O. The molecule has 0 fully saturated rings. The third-order valence-electron chi connectivity index (χ3n) is 3.89. The Labute approximate surface area is 165 Å². The molecule has 6 heteroatoms. The molecule has 0 radical (unpaired) electrons. The van der Waals surface area contributed by atoms with Crippen molar-refractivity contribution in [3.05, 3.63) is 100 Å². The van der Waals surface area contributed by atoms with Crippen molar-refractivity contribution in [1.29, 1.82) is 0 Å². The van der Waals surface area contributed by atoms with Gasteiger partial charge in [-0.2, -0.15) is 0 Å². The summed E-state index contributed by atoms with van der Waals surface area (Å²) in [7, 11) is 0. The molecular weight excluding hydrogens is 409 g/mol. The zero-order valence-electron chi connectivity index (χ0n) is 14.4. The largest absolute Gasteiger partial charge is 0.330 e. The monoisotopic (exact) mass is 425 g/mol. The van der Waals surface area contributed by atoms with Gasteiger partial charge in [0.1, 0.15) is 5.82 Å². The maximum atomic E-state index is 13.9. The van der Waals surface area contributed by atoms with Crippen LogP contribution in [-0.2, 0) is 17.9 Å². The second-order valence-electron chi connectivity index (χ2n) is 5.91. The summed E-state index contributed by atoms with van der Waals surface area (Å²) in [4.78, 5) is 22.6. The van der Waals surface area contributed by atoms with E-state index in [9.17, 15) is 9.18 Å². The van der Waals surface area contributed by atoms with Gasteiger partial charge in [0.2, 0.25) is 5.91 Å². The van der Waals surface area contributed by atoms with Crippen molar-refractivity contribution in [2.75, 3.05) is 0 Å². The standard InChI is InChI=1S/C21H17BrFN3O/c22-19-4-5-20(23)18(12-19)3-6-21(27)26(14-16-7-10-24-11-8-16)15-17-2-1-9-25-13-17/h1-13H,14-15H2/b6-3+. The van der Waals surface area contributed by atoms with Gasteiger partial charge in [0, 0.05) is 54.0 Å². The number of carbonyl (C=O) groups excluding carboxylic acids is 1. The molecule has 3 rings (SSSR count). The summed E-state index contributed by atoms with van der Waals surface area (Å²) < 4.78 is 14.7. The van der Waals surface area contributed by atoms with Crippen LogP contribution in [0.3, 0.4) is 0 Å². The van der Waals surface area contributed by atoms with Gasteiger partial charge in [-0.1, -0.05) is 22.0 Å². The molecule has 0 saturated heterocycles. The number of aromatic nitrogens is 2. The van der Waals surface area contributed by atoms with E-state index in [1.807, 2.05) is 24.3 Å². The van der Waals surface area contributed by atoms with Gasteiger partial charge < -0.3 is 4.90 Å². The first-order valence-corrected chi connectivity index (χ1v) is 9.11. The molecule has 1 aromatic carbocycles. The Morgan fingerprint density at radius 2 is 1.81 bits per heavy atom. The van der Waals surface area contributed by atoms with Crippen molar-refractivity contribution in [3.8, 4) is 0 Å². The van der Waals surface area contributed by atoms with Gasteiger partial charge in [-0.25, -0.2) is 4.39 Å². The fourth-order valence-corrected chi connectivity index (χ4v) is 2.92. The Balaban J connectivity index is 1.81. The molecule has 27 heavy (non-hydrogen) atoms. The van der Waals surface area contributed by atoms with Crippen molar-refractivity contribution in [2.45, 2.75) is 13.1 Å². The Kier molecular flexibility index (Phi) is 6.44. The number of amides is 1. The van der Waals surface area contributed by atoms with Crippen LogP contribution in [0.25, 0.3) is 6.08 Å². The first-order valence-electron chi connectivity index (χ1n) is 8.31. The van der Waals surface area contributed by atoms with E-state index in [1.54, 1.807) is 41.8 Å². The number of hydrogen-bond donors (Lipinski definition) is 0. The number of hydrogen-bond acceptors (Lipinski definition) is 3.